The van der Waals surface area contributed by atoms with Gasteiger partial charge in [-0.25, -0.2) is 8.42 Å². The number of fused-ring (bicyclic) bond motifs is 1. The lowest BCUT2D eigenvalue weighted by molar-refractivity contribution is 0.156. The Labute approximate surface area is 201 Å². The second-order valence-electron chi connectivity index (χ2n) is 8.48. The molecule has 5 rings (SSSR count). The first kappa shape index (κ1) is 22.6. The van der Waals surface area contributed by atoms with Gasteiger partial charge >= 0.3 is 0 Å². The van der Waals surface area contributed by atoms with Crippen LogP contribution in [-0.4, -0.2) is 50.9 Å². The number of nitrogens with zero attached hydrogens (tertiary/aromatic N) is 2. The van der Waals surface area contributed by atoms with Crippen molar-refractivity contribution in [1.82, 2.24) is 9.21 Å². The number of piperazine rings is 1. The van der Waals surface area contributed by atoms with Gasteiger partial charge in [0.1, 0.15) is 5.75 Å². The zero-order valence-corrected chi connectivity index (χ0v) is 20.0. The molecule has 1 aliphatic rings. The summed E-state index contributed by atoms with van der Waals surface area (Å²) in [6.07, 6.45) is 0. The predicted molar refractivity (Wildman–Crippen MR) is 136 cm³/mol. The monoisotopic (exact) mass is 472 g/mol. The first-order valence-electron chi connectivity index (χ1n) is 11.5. The van der Waals surface area contributed by atoms with E-state index in [4.69, 9.17) is 4.74 Å². The molecule has 0 bridgehead atoms. The van der Waals surface area contributed by atoms with Crippen molar-refractivity contribution in [3.63, 3.8) is 0 Å². The number of hydrogen-bond acceptors (Lipinski definition) is 4. The van der Waals surface area contributed by atoms with Gasteiger partial charge in [-0.05, 0) is 23.3 Å². The van der Waals surface area contributed by atoms with Crippen LogP contribution in [0.4, 0.5) is 0 Å². The molecule has 4 aromatic rings. The van der Waals surface area contributed by atoms with Crippen LogP contribution in [0.1, 0.15) is 17.2 Å². The van der Waals surface area contributed by atoms with E-state index in [1.54, 1.807) is 23.5 Å². The van der Waals surface area contributed by atoms with Crippen LogP contribution in [0.3, 0.4) is 0 Å². The molecule has 0 aromatic heterocycles. The normalized spacial score (nSPS) is 15.6. The van der Waals surface area contributed by atoms with Crippen molar-refractivity contribution in [3.8, 4) is 5.75 Å². The van der Waals surface area contributed by atoms with Crippen LogP contribution >= 0.6 is 0 Å². The van der Waals surface area contributed by atoms with Gasteiger partial charge in [0.2, 0.25) is 10.0 Å². The minimum atomic E-state index is -3.64. The number of benzene rings is 4. The molecule has 0 spiro atoms. The lowest BCUT2D eigenvalue weighted by Gasteiger charge is -2.39. The molecular weight excluding hydrogens is 444 g/mol. The SMILES string of the molecule is COc1ccc(S(=O)(=O)N2CCN(C(c3ccccc3)c3ccccc3)CC2)c2ccccc12. The average Bonchev–Trinajstić information content (AvgIpc) is 2.90. The van der Waals surface area contributed by atoms with Gasteiger partial charge in [-0.15, -0.1) is 0 Å². The van der Waals surface area contributed by atoms with Crippen LogP contribution in [0.25, 0.3) is 10.8 Å². The van der Waals surface area contributed by atoms with E-state index in [2.05, 4.69) is 53.4 Å². The van der Waals surface area contributed by atoms with E-state index in [-0.39, 0.29) is 6.04 Å². The number of rotatable bonds is 6. The van der Waals surface area contributed by atoms with E-state index in [0.717, 1.165) is 5.39 Å². The van der Waals surface area contributed by atoms with Crippen molar-refractivity contribution in [2.45, 2.75) is 10.9 Å². The number of ether oxygens (including phenoxy) is 1. The average molecular weight is 473 g/mol. The Hall–Kier alpha value is -3.19. The van der Waals surface area contributed by atoms with Crippen LogP contribution in [0.2, 0.25) is 0 Å². The Balaban J connectivity index is 1.42. The van der Waals surface area contributed by atoms with Crippen LogP contribution in [0, 0.1) is 0 Å². The van der Waals surface area contributed by atoms with Crippen molar-refractivity contribution in [3.05, 3.63) is 108 Å². The molecular formula is C28H28N2O3S. The topological polar surface area (TPSA) is 49.9 Å². The lowest BCUT2D eigenvalue weighted by Crippen LogP contribution is -2.49. The standard InChI is InChI=1S/C28H28N2O3S/c1-33-26-16-17-27(25-15-9-8-14-24(25)26)34(31,32)30-20-18-29(19-21-30)28(22-10-4-2-5-11-22)23-12-6-3-7-13-23/h2-17,28H,18-21H2,1H3. The summed E-state index contributed by atoms with van der Waals surface area (Å²) in [5.74, 6) is 0.674. The third-order valence-electron chi connectivity index (χ3n) is 6.55. The molecule has 0 aliphatic carbocycles. The summed E-state index contributed by atoms with van der Waals surface area (Å²) in [6.45, 7) is 2.20. The fraction of sp³-hybridized carbons (Fsp3) is 0.214. The van der Waals surface area contributed by atoms with E-state index >= 15 is 0 Å². The number of sulfonamides is 1. The second kappa shape index (κ2) is 9.58. The lowest BCUT2D eigenvalue weighted by atomic mass is 9.96. The molecule has 4 aromatic carbocycles. The van der Waals surface area contributed by atoms with Crippen molar-refractivity contribution in [2.75, 3.05) is 33.3 Å². The summed E-state index contributed by atoms with van der Waals surface area (Å²) in [5, 5.41) is 1.49. The summed E-state index contributed by atoms with van der Waals surface area (Å²) in [6, 6.07) is 31.9. The molecule has 0 radical (unpaired) electrons. The van der Waals surface area contributed by atoms with Gasteiger partial charge in [0.05, 0.1) is 18.0 Å². The highest BCUT2D eigenvalue weighted by Gasteiger charge is 2.33. The molecule has 6 heteroatoms. The maximum atomic E-state index is 13.7. The van der Waals surface area contributed by atoms with Gasteiger partial charge in [-0.1, -0.05) is 84.9 Å². The third kappa shape index (κ3) is 4.20. The minimum Gasteiger partial charge on any atom is -0.496 e. The Morgan fingerprint density at radius 3 is 1.76 bits per heavy atom. The first-order chi connectivity index (χ1) is 16.6. The zero-order valence-electron chi connectivity index (χ0n) is 19.2. The van der Waals surface area contributed by atoms with Gasteiger partial charge in [0.25, 0.3) is 0 Å². The van der Waals surface area contributed by atoms with E-state index in [9.17, 15) is 8.42 Å². The van der Waals surface area contributed by atoms with Crippen LogP contribution in [-0.2, 0) is 10.0 Å². The van der Waals surface area contributed by atoms with Gasteiger partial charge < -0.3 is 4.74 Å². The highest BCUT2D eigenvalue weighted by molar-refractivity contribution is 7.89. The molecule has 0 N–H and O–H groups in total. The van der Waals surface area contributed by atoms with E-state index in [1.165, 1.54) is 11.1 Å². The van der Waals surface area contributed by atoms with Crippen molar-refractivity contribution < 1.29 is 13.2 Å². The molecule has 1 saturated heterocycles. The van der Waals surface area contributed by atoms with E-state index in [1.807, 2.05) is 36.4 Å². The van der Waals surface area contributed by atoms with Crippen molar-refractivity contribution >= 4 is 20.8 Å². The third-order valence-corrected chi connectivity index (χ3v) is 8.51. The summed E-state index contributed by atoms with van der Waals surface area (Å²) in [7, 11) is -2.04. The number of methoxy groups -OCH3 is 1. The van der Waals surface area contributed by atoms with Gasteiger partial charge in [0, 0.05) is 37.0 Å². The van der Waals surface area contributed by atoms with Crippen LogP contribution in [0.15, 0.2) is 102 Å². The fourth-order valence-electron chi connectivity index (χ4n) is 4.87. The second-order valence-corrected chi connectivity index (χ2v) is 10.4. The van der Waals surface area contributed by atoms with E-state index < -0.39 is 10.0 Å². The minimum absolute atomic E-state index is 0.0917. The quantitative estimate of drug-likeness (QED) is 0.399. The number of hydrogen-bond donors (Lipinski definition) is 0. The Morgan fingerprint density at radius 1 is 0.676 bits per heavy atom. The Bertz CT molecular complexity index is 1330. The molecule has 1 aliphatic heterocycles. The molecule has 0 amide bonds. The van der Waals surface area contributed by atoms with Crippen molar-refractivity contribution in [1.29, 1.82) is 0 Å². The van der Waals surface area contributed by atoms with Gasteiger partial charge in [0.15, 0.2) is 0 Å². The van der Waals surface area contributed by atoms with Crippen molar-refractivity contribution in [2.24, 2.45) is 0 Å². The maximum absolute atomic E-state index is 13.7. The Kier molecular flexibility index (Phi) is 6.37. The molecule has 174 valence electrons. The summed E-state index contributed by atoms with van der Waals surface area (Å²) in [5.41, 5.74) is 2.43. The molecule has 0 unspecified atom stereocenters. The molecule has 5 nitrogen and oxygen atoms in total. The van der Waals surface area contributed by atoms with Crippen LogP contribution < -0.4 is 4.74 Å². The molecule has 34 heavy (non-hydrogen) atoms. The van der Waals surface area contributed by atoms with Crippen LogP contribution in [0.5, 0.6) is 5.75 Å². The zero-order chi connectivity index (χ0) is 23.5. The maximum Gasteiger partial charge on any atom is 0.243 e. The van der Waals surface area contributed by atoms with Gasteiger partial charge in [-0.3, -0.25) is 4.90 Å². The summed E-state index contributed by atoms with van der Waals surface area (Å²) in [4.78, 5) is 2.71. The molecule has 1 fully saturated rings. The predicted octanol–water partition coefficient (Wildman–Crippen LogP) is 4.94. The smallest absolute Gasteiger partial charge is 0.243 e. The summed E-state index contributed by atoms with van der Waals surface area (Å²) < 4.78 is 34.4. The molecule has 0 atom stereocenters. The molecule has 1 heterocycles. The highest BCUT2D eigenvalue weighted by Crippen LogP contribution is 2.34. The Morgan fingerprint density at radius 2 is 1.21 bits per heavy atom. The van der Waals surface area contributed by atoms with Gasteiger partial charge in [-0.2, -0.15) is 4.31 Å². The first-order valence-corrected chi connectivity index (χ1v) is 12.9. The summed E-state index contributed by atoms with van der Waals surface area (Å²) >= 11 is 0. The largest absolute Gasteiger partial charge is 0.496 e. The van der Waals surface area contributed by atoms with E-state index in [0.29, 0.717) is 42.2 Å². The fourth-order valence-corrected chi connectivity index (χ4v) is 6.49. The molecule has 0 saturated carbocycles. The highest BCUT2D eigenvalue weighted by atomic mass is 32.2.